The molecule has 1 aromatic heterocycles. The molecule has 23 heavy (non-hydrogen) atoms. The van der Waals surface area contributed by atoms with E-state index in [-0.39, 0.29) is 11.3 Å². The Morgan fingerprint density at radius 2 is 1.96 bits per heavy atom. The first-order valence-electron chi connectivity index (χ1n) is 6.72. The summed E-state index contributed by atoms with van der Waals surface area (Å²) in [5, 5.41) is 13.5. The molecule has 1 aliphatic rings. The molecule has 0 unspecified atom stereocenters. The number of rotatable bonds is 3. The number of imide groups is 1. The van der Waals surface area contributed by atoms with E-state index in [1.165, 1.54) is 18.2 Å². The molecule has 2 heterocycles. The standard InChI is InChI=1S/C16H12N2O5/c1-8-2-3-9(15(20)21)6-11(8)13-5-4-10(23-13)7-12-14(19)18-16(22)17-12/h2-7H,1H3,(H,20,21)(H2,17,18,19,22)/b12-7-. The Morgan fingerprint density at radius 3 is 2.61 bits per heavy atom. The van der Waals surface area contributed by atoms with Crippen molar-refractivity contribution in [3.05, 3.63) is 52.9 Å². The van der Waals surface area contributed by atoms with Crippen molar-refractivity contribution in [1.29, 1.82) is 0 Å². The summed E-state index contributed by atoms with van der Waals surface area (Å²) in [4.78, 5) is 33.6. The molecule has 0 atom stereocenters. The molecular formula is C16H12N2O5. The lowest BCUT2D eigenvalue weighted by Gasteiger charge is -2.04. The number of hydrogen-bond acceptors (Lipinski definition) is 4. The van der Waals surface area contributed by atoms with Crippen molar-refractivity contribution in [3.8, 4) is 11.3 Å². The Balaban J connectivity index is 1.95. The van der Waals surface area contributed by atoms with Crippen LogP contribution >= 0.6 is 0 Å². The molecule has 116 valence electrons. The van der Waals surface area contributed by atoms with Crippen LogP contribution in [0.2, 0.25) is 0 Å². The minimum absolute atomic E-state index is 0.0897. The summed E-state index contributed by atoms with van der Waals surface area (Å²) in [6, 6.07) is 7.47. The lowest BCUT2D eigenvalue weighted by atomic mass is 10.0. The van der Waals surface area contributed by atoms with Gasteiger partial charge < -0.3 is 14.8 Å². The Morgan fingerprint density at radius 1 is 1.17 bits per heavy atom. The number of aryl methyl sites for hydroxylation is 1. The Labute approximate surface area is 130 Å². The number of carbonyl (C=O) groups excluding carboxylic acids is 2. The van der Waals surface area contributed by atoms with E-state index in [1.807, 2.05) is 6.92 Å². The zero-order chi connectivity index (χ0) is 16.6. The van der Waals surface area contributed by atoms with Gasteiger partial charge in [-0.05, 0) is 36.8 Å². The molecule has 0 radical (unpaired) electrons. The van der Waals surface area contributed by atoms with E-state index in [2.05, 4.69) is 10.6 Å². The smallest absolute Gasteiger partial charge is 0.335 e. The highest BCUT2D eigenvalue weighted by molar-refractivity contribution is 6.13. The van der Waals surface area contributed by atoms with Crippen LogP contribution in [0.4, 0.5) is 4.79 Å². The average molecular weight is 312 g/mol. The van der Waals surface area contributed by atoms with Gasteiger partial charge in [0.05, 0.1) is 5.56 Å². The number of carbonyl (C=O) groups is 3. The maximum Gasteiger partial charge on any atom is 0.335 e. The third kappa shape index (κ3) is 2.84. The normalized spacial score (nSPS) is 15.6. The molecule has 1 saturated heterocycles. The zero-order valence-electron chi connectivity index (χ0n) is 12.0. The second kappa shape index (κ2) is 5.45. The molecule has 0 bridgehead atoms. The largest absolute Gasteiger partial charge is 0.478 e. The number of carboxylic acids is 1. The van der Waals surface area contributed by atoms with Crippen LogP contribution < -0.4 is 10.6 Å². The van der Waals surface area contributed by atoms with E-state index in [0.29, 0.717) is 17.1 Å². The molecule has 1 aliphatic heterocycles. The number of urea groups is 1. The summed E-state index contributed by atoms with van der Waals surface area (Å²) < 4.78 is 5.63. The number of amides is 3. The van der Waals surface area contributed by atoms with Crippen molar-refractivity contribution in [1.82, 2.24) is 10.6 Å². The molecule has 2 aromatic rings. The number of hydrogen-bond donors (Lipinski definition) is 3. The van der Waals surface area contributed by atoms with Crippen LogP contribution in [0.1, 0.15) is 21.7 Å². The van der Waals surface area contributed by atoms with Crippen LogP contribution in [0.15, 0.2) is 40.4 Å². The van der Waals surface area contributed by atoms with E-state index >= 15 is 0 Å². The molecule has 0 aliphatic carbocycles. The first-order chi connectivity index (χ1) is 10.9. The van der Waals surface area contributed by atoms with Gasteiger partial charge in [0, 0.05) is 11.6 Å². The minimum Gasteiger partial charge on any atom is -0.478 e. The van der Waals surface area contributed by atoms with Crippen LogP contribution in [-0.4, -0.2) is 23.0 Å². The second-order valence-electron chi connectivity index (χ2n) is 5.00. The number of benzene rings is 1. The van der Waals surface area contributed by atoms with Crippen molar-refractivity contribution in [3.63, 3.8) is 0 Å². The van der Waals surface area contributed by atoms with Crippen LogP contribution in [0, 0.1) is 6.92 Å². The van der Waals surface area contributed by atoms with Crippen LogP contribution in [0.3, 0.4) is 0 Å². The molecule has 0 saturated carbocycles. The third-order valence-corrected chi connectivity index (χ3v) is 3.38. The number of carboxylic acid groups (broad SMARTS) is 1. The van der Waals surface area contributed by atoms with E-state index in [9.17, 15) is 14.4 Å². The third-order valence-electron chi connectivity index (χ3n) is 3.38. The molecule has 3 amide bonds. The zero-order valence-corrected chi connectivity index (χ0v) is 12.0. The predicted molar refractivity (Wildman–Crippen MR) is 80.5 cm³/mol. The van der Waals surface area contributed by atoms with Gasteiger partial charge >= 0.3 is 12.0 Å². The predicted octanol–water partition coefficient (Wildman–Crippen LogP) is 2.13. The van der Waals surface area contributed by atoms with Crippen LogP contribution in [-0.2, 0) is 4.79 Å². The van der Waals surface area contributed by atoms with Gasteiger partial charge in [0.25, 0.3) is 5.91 Å². The summed E-state index contributed by atoms with van der Waals surface area (Å²) in [7, 11) is 0. The Kier molecular flexibility index (Phi) is 3.46. The van der Waals surface area contributed by atoms with Crippen molar-refractivity contribution in [2.75, 3.05) is 0 Å². The van der Waals surface area contributed by atoms with Gasteiger partial charge in [-0.3, -0.25) is 10.1 Å². The van der Waals surface area contributed by atoms with Crippen molar-refractivity contribution in [2.45, 2.75) is 6.92 Å². The maximum atomic E-state index is 11.5. The molecule has 1 aromatic carbocycles. The highest BCUT2D eigenvalue weighted by Gasteiger charge is 2.23. The lowest BCUT2D eigenvalue weighted by Crippen LogP contribution is -2.22. The van der Waals surface area contributed by atoms with Crippen LogP contribution in [0.5, 0.6) is 0 Å². The molecule has 7 heteroatoms. The number of aromatic carboxylic acids is 1. The van der Waals surface area contributed by atoms with Crippen molar-refractivity contribution in [2.24, 2.45) is 0 Å². The maximum absolute atomic E-state index is 11.5. The molecule has 7 nitrogen and oxygen atoms in total. The van der Waals surface area contributed by atoms with Crippen molar-refractivity contribution >= 4 is 24.0 Å². The van der Waals surface area contributed by atoms with Crippen molar-refractivity contribution < 1.29 is 23.9 Å². The fourth-order valence-corrected chi connectivity index (χ4v) is 2.22. The van der Waals surface area contributed by atoms with Gasteiger partial charge in [0.15, 0.2) is 0 Å². The fourth-order valence-electron chi connectivity index (χ4n) is 2.22. The first-order valence-corrected chi connectivity index (χ1v) is 6.72. The van der Waals surface area contributed by atoms with E-state index in [4.69, 9.17) is 9.52 Å². The van der Waals surface area contributed by atoms with Gasteiger partial charge in [-0.25, -0.2) is 9.59 Å². The van der Waals surface area contributed by atoms with Gasteiger partial charge in [-0.2, -0.15) is 0 Å². The fraction of sp³-hybridized carbons (Fsp3) is 0.0625. The quantitative estimate of drug-likeness (QED) is 0.594. The SMILES string of the molecule is Cc1ccc(C(=O)O)cc1-c1ccc(/C=C2\NC(=O)NC2=O)o1. The molecular weight excluding hydrogens is 300 g/mol. The Bertz CT molecular complexity index is 863. The molecule has 3 N–H and O–H groups in total. The topological polar surface area (TPSA) is 109 Å². The number of nitrogens with one attached hydrogen (secondary N) is 2. The molecule has 0 spiro atoms. The van der Waals surface area contributed by atoms with E-state index < -0.39 is 17.9 Å². The summed E-state index contributed by atoms with van der Waals surface area (Å²) in [6.45, 7) is 1.84. The van der Waals surface area contributed by atoms with E-state index in [0.717, 1.165) is 5.56 Å². The van der Waals surface area contributed by atoms with E-state index in [1.54, 1.807) is 18.2 Å². The summed E-state index contributed by atoms with van der Waals surface area (Å²) >= 11 is 0. The lowest BCUT2D eigenvalue weighted by molar-refractivity contribution is -0.115. The summed E-state index contributed by atoms with van der Waals surface area (Å²) in [6.07, 6.45) is 1.40. The molecule has 1 fully saturated rings. The summed E-state index contributed by atoms with van der Waals surface area (Å²) in [5.41, 5.74) is 1.75. The highest BCUT2D eigenvalue weighted by Crippen LogP contribution is 2.27. The minimum atomic E-state index is -1.02. The Hall–Kier alpha value is -3.35. The van der Waals surface area contributed by atoms with Gasteiger partial charge in [0.2, 0.25) is 0 Å². The van der Waals surface area contributed by atoms with Gasteiger partial charge in [-0.15, -0.1) is 0 Å². The average Bonchev–Trinajstić information content (AvgIpc) is 3.06. The first kappa shape index (κ1) is 14.6. The highest BCUT2D eigenvalue weighted by atomic mass is 16.4. The monoisotopic (exact) mass is 312 g/mol. The molecule has 3 rings (SSSR count). The second-order valence-corrected chi connectivity index (χ2v) is 5.00. The summed E-state index contributed by atoms with van der Waals surface area (Å²) in [5.74, 6) is -0.711. The number of furan rings is 1. The van der Waals surface area contributed by atoms with Gasteiger partial charge in [-0.1, -0.05) is 6.07 Å². The van der Waals surface area contributed by atoms with Gasteiger partial charge in [0.1, 0.15) is 17.2 Å². The van der Waals surface area contributed by atoms with Crippen LogP contribution in [0.25, 0.3) is 17.4 Å².